The van der Waals surface area contributed by atoms with E-state index in [1.54, 1.807) is 5.96 Å². The fraction of sp³-hybridized carbons (Fsp3) is 0.980. The zero-order valence-corrected chi connectivity index (χ0v) is 36.9. The molecule has 0 N–H and O–H groups in total. The number of nitrogens with zero attached hydrogens (tertiary/aromatic N) is 3. The molecule has 0 aromatic heterocycles. The Labute approximate surface area is 327 Å². The van der Waals surface area contributed by atoms with E-state index in [0.717, 1.165) is 89.5 Å². The molecule has 296 valence electrons. The van der Waals surface area contributed by atoms with Gasteiger partial charge in [-0.25, -0.2) is 4.99 Å². The topological polar surface area (TPSA) is 18.8 Å². The molecule has 10 aliphatic rings. The molecule has 10 rings (SSSR count). The normalized spacial score (nSPS) is 50.6. The minimum Gasteiger partial charge on any atom is -0.337 e. The van der Waals surface area contributed by atoms with E-state index in [9.17, 15) is 0 Å². The summed E-state index contributed by atoms with van der Waals surface area (Å²) in [7, 11) is 0. The molecule has 6 saturated carbocycles. The molecule has 6 aliphatic carbocycles. The third kappa shape index (κ3) is 5.18. The van der Waals surface area contributed by atoms with Gasteiger partial charge in [0.15, 0.2) is 12.7 Å². The van der Waals surface area contributed by atoms with Crippen LogP contribution < -0.4 is 0 Å². The Morgan fingerprint density at radius 3 is 1.89 bits per heavy atom. The first-order valence-corrected chi connectivity index (χ1v) is 23.8. The lowest BCUT2D eigenvalue weighted by atomic mass is 9.22. The van der Waals surface area contributed by atoms with Gasteiger partial charge in [0, 0.05) is 24.0 Å². The summed E-state index contributed by atoms with van der Waals surface area (Å²) in [6, 6.07) is 3.33. The van der Waals surface area contributed by atoms with Gasteiger partial charge in [0.2, 0.25) is 0 Å². The maximum absolute atomic E-state index is 6.23. The molecule has 0 aromatic rings. The Balaban J connectivity index is 1.14. The van der Waals surface area contributed by atoms with Crippen molar-refractivity contribution in [2.24, 2.45) is 85.3 Å². The minimum absolute atomic E-state index is 0.377. The Morgan fingerprint density at radius 2 is 1.19 bits per heavy atom. The van der Waals surface area contributed by atoms with Crippen molar-refractivity contribution in [3.05, 3.63) is 0 Å². The molecule has 0 aromatic carbocycles. The molecule has 0 radical (unpaired) electrons. The standard InChI is InChI=1S/C49H82BN3/c1-45(2,3)28-15-18-34-31(23-28)32-24-30(47(7,8)9)26-38-41(32)50(34)35-17-14-27-22-33-40(49(12,13)21-20-48(33,10)11)43-39(27)42(35)53(38)44-51-36-25-29(46(4,5)6)16-19-37(36)52(43)44/h27-43H,14-26H2,1-13H3. The molecule has 4 heteroatoms. The lowest BCUT2D eigenvalue weighted by Gasteiger charge is -2.72. The van der Waals surface area contributed by atoms with Crippen LogP contribution in [0.5, 0.6) is 0 Å². The van der Waals surface area contributed by atoms with Crippen molar-refractivity contribution in [3.8, 4) is 0 Å². The van der Waals surface area contributed by atoms with Crippen LogP contribution in [0.4, 0.5) is 0 Å². The van der Waals surface area contributed by atoms with E-state index in [0.29, 0.717) is 45.2 Å². The van der Waals surface area contributed by atoms with Crippen molar-refractivity contribution in [2.75, 3.05) is 0 Å². The minimum atomic E-state index is 0.377. The second kappa shape index (κ2) is 11.5. The highest BCUT2D eigenvalue weighted by Gasteiger charge is 2.73. The molecule has 17 unspecified atom stereocenters. The molecule has 4 heterocycles. The predicted octanol–water partition coefficient (Wildman–Crippen LogP) is 12.3. The second-order valence-corrected chi connectivity index (χ2v) is 26.8. The summed E-state index contributed by atoms with van der Waals surface area (Å²) in [6.07, 6.45) is 19.0. The van der Waals surface area contributed by atoms with Gasteiger partial charge in [0.05, 0.1) is 12.1 Å². The molecule has 3 saturated heterocycles. The quantitative estimate of drug-likeness (QED) is 0.232. The van der Waals surface area contributed by atoms with Crippen LogP contribution in [0.3, 0.4) is 0 Å². The smallest absolute Gasteiger partial charge is 0.198 e. The second-order valence-electron chi connectivity index (χ2n) is 26.8. The summed E-state index contributed by atoms with van der Waals surface area (Å²) in [5.41, 5.74) is 2.06. The fourth-order valence-corrected chi connectivity index (χ4v) is 18.0. The Bertz CT molecular complexity index is 1490. The van der Waals surface area contributed by atoms with E-state index in [1.807, 2.05) is 0 Å². The van der Waals surface area contributed by atoms with Gasteiger partial charge in [-0.1, -0.05) is 122 Å². The molecular weight excluding hydrogens is 641 g/mol. The number of rotatable bonds is 0. The summed E-state index contributed by atoms with van der Waals surface area (Å²) in [6.45, 7) is 35.0. The van der Waals surface area contributed by atoms with Gasteiger partial charge in [-0.2, -0.15) is 0 Å². The highest BCUT2D eigenvalue weighted by atomic mass is 15.5. The van der Waals surface area contributed by atoms with Crippen LogP contribution >= 0.6 is 0 Å². The van der Waals surface area contributed by atoms with Crippen molar-refractivity contribution in [1.82, 2.24) is 9.80 Å². The van der Waals surface area contributed by atoms with Crippen LogP contribution in [0.1, 0.15) is 173 Å². The Kier molecular flexibility index (Phi) is 7.96. The van der Waals surface area contributed by atoms with E-state index in [1.165, 1.54) is 83.5 Å². The molecular formula is C49H82BN3. The first-order valence-electron chi connectivity index (χ1n) is 23.8. The van der Waals surface area contributed by atoms with Crippen LogP contribution in [0, 0.1) is 80.3 Å². The van der Waals surface area contributed by atoms with Crippen LogP contribution in [0.15, 0.2) is 4.99 Å². The summed E-state index contributed by atoms with van der Waals surface area (Å²) >= 11 is 0. The highest BCUT2D eigenvalue weighted by Crippen LogP contribution is 2.73. The van der Waals surface area contributed by atoms with E-state index >= 15 is 0 Å². The SMILES string of the molecule is CC(C)(C)C1CCC2C(C1)N=C1N3C4CC(C(C)(C)C)CC5C6CC(C(C)(C)C)CCC6B(C6CCC7CC8C(C(C7C63)N12)C(C)(C)CCC8(C)C)C54. The van der Waals surface area contributed by atoms with Crippen molar-refractivity contribution in [1.29, 1.82) is 0 Å². The van der Waals surface area contributed by atoms with Gasteiger partial charge in [-0.15, -0.1) is 0 Å². The molecule has 0 bridgehead atoms. The van der Waals surface area contributed by atoms with Crippen LogP contribution in [0.25, 0.3) is 0 Å². The van der Waals surface area contributed by atoms with Gasteiger partial charge < -0.3 is 9.80 Å². The zero-order valence-electron chi connectivity index (χ0n) is 36.9. The van der Waals surface area contributed by atoms with E-state index < -0.39 is 0 Å². The molecule has 0 spiro atoms. The third-order valence-corrected chi connectivity index (χ3v) is 20.8. The number of fused-ring (bicyclic) bond motifs is 12. The van der Waals surface area contributed by atoms with E-state index in [4.69, 9.17) is 4.99 Å². The molecule has 53 heavy (non-hydrogen) atoms. The van der Waals surface area contributed by atoms with Crippen LogP contribution in [0.2, 0.25) is 17.5 Å². The monoisotopic (exact) mass is 724 g/mol. The predicted molar refractivity (Wildman–Crippen MR) is 224 cm³/mol. The highest BCUT2D eigenvalue weighted by molar-refractivity contribution is 6.65. The van der Waals surface area contributed by atoms with Gasteiger partial charge in [0.25, 0.3) is 0 Å². The largest absolute Gasteiger partial charge is 0.337 e. The van der Waals surface area contributed by atoms with Gasteiger partial charge in [-0.3, -0.25) is 0 Å². The molecule has 4 aliphatic heterocycles. The maximum atomic E-state index is 6.23. The molecule has 3 nitrogen and oxygen atoms in total. The number of hydrogen-bond donors (Lipinski definition) is 0. The lowest BCUT2D eigenvalue weighted by Crippen LogP contribution is -2.78. The average Bonchev–Trinajstić information content (AvgIpc) is 3.61. The molecule has 0 amide bonds. The zero-order chi connectivity index (χ0) is 37.5. The number of guanidine groups is 1. The molecule has 9 fully saturated rings. The first kappa shape index (κ1) is 36.7. The maximum Gasteiger partial charge on any atom is 0.198 e. The Hall–Kier alpha value is -0.665. The van der Waals surface area contributed by atoms with Crippen molar-refractivity contribution >= 4 is 12.7 Å². The third-order valence-electron chi connectivity index (χ3n) is 20.8. The van der Waals surface area contributed by atoms with Crippen LogP contribution in [-0.4, -0.2) is 52.7 Å². The van der Waals surface area contributed by atoms with Gasteiger partial charge in [0.1, 0.15) is 0 Å². The van der Waals surface area contributed by atoms with Crippen LogP contribution in [-0.2, 0) is 0 Å². The van der Waals surface area contributed by atoms with Crippen molar-refractivity contribution in [2.45, 2.75) is 221 Å². The summed E-state index contributed by atoms with van der Waals surface area (Å²) < 4.78 is 0. The summed E-state index contributed by atoms with van der Waals surface area (Å²) in [5, 5.41) is 0. The summed E-state index contributed by atoms with van der Waals surface area (Å²) in [4.78, 5) is 12.8. The van der Waals surface area contributed by atoms with E-state index in [-0.39, 0.29) is 0 Å². The fourth-order valence-electron chi connectivity index (χ4n) is 18.0. The lowest BCUT2D eigenvalue weighted by molar-refractivity contribution is -0.167. The summed E-state index contributed by atoms with van der Waals surface area (Å²) in [5.74, 6) is 12.2. The number of hydrogen-bond acceptors (Lipinski definition) is 3. The average molecular weight is 724 g/mol. The van der Waals surface area contributed by atoms with Gasteiger partial charge >= 0.3 is 0 Å². The number of aliphatic imine (C=N–C) groups is 1. The van der Waals surface area contributed by atoms with E-state index in [2.05, 4.69) is 99.8 Å². The first-order chi connectivity index (χ1) is 24.7. The van der Waals surface area contributed by atoms with Crippen molar-refractivity contribution in [3.63, 3.8) is 0 Å². The van der Waals surface area contributed by atoms with Crippen molar-refractivity contribution < 1.29 is 0 Å². The van der Waals surface area contributed by atoms with Gasteiger partial charge in [-0.05, 0) is 144 Å². The Morgan fingerprint density at radius 1 is 0.585 bits per heavy atom. The molecule has 17 atom stereocenters.